The zero-order valence-corrected chi connectivity index (χ0v) is 8.47. The summed E-state index contributed by atoms with van der Waals surface area (Å²) in [6.45, 7) is 2.01. The maximum Gasteiger partial charge on any atom is 0.352 e. The first kappa shape index (κ1) is 10.9. The Hall–Kier alpha value is -1.17. The van der Waals surface area contributed by atoms with Crippen molar-refractivity contribution in [1.29, 1.82) is 0 Å². The molecule has 5 nitrogen and oxygen atoms in total. The predicted octanol–water partition coefficient (Wildman–Crippen LogP) is 0.180. The molecule has 1 rings (SSSR count). The summed E-state index contributed by atoms with van der Waals surface area (Å²) in [4.78, 5) is 21.8. The number of hydrogen-bond acceptors (Lipinski definition) is 5. The monoisotopic (exact) mass is 217 g/mol. The van der Waals surface area contributed by atoms with Crippen LogP contribution in [-0.2, 0) is 14.3 Å². The van der Waals surface area contributed by atoms with E-state index in [-0.39, 0.29) is 5.70 Å². The summed E-state index contributed by atoms with van der Waals surface area (Å²) in [5.74, 6) is -0.978. The summed E-state index contributed by atoms with van der Waals surface area (Å²) in [5, 5.41) is 12.8. The molecule has 2 N–H and O–H groups in total. The normalized spacial score (nSPS) is 20.6. The van der Waals surface area contributed by atoms with E-state index in [1.165, 1.54) is 17.2 Å². The Labute approximate surface area is 85.5 Å². The molecule has 0 aliphatic carbocycles. The smallest absolute Gasteiger partial charge is 0.352 e. The Bertz CT molecular complexity index is 277. The Balaban J connectivity index is 2.56. The zero-order chi connectivity index (χ0) is 10.6. The summed E-state index contributed by atoms with van der Waals surface area (Å²) in [6, 6.07) is -0.559. The van der Waals surface area contributed by atoms with Crippen LogP contribution < -0.4 is 5.32 Å². The van der Waals surface area contributed by atoms with Crippen LogP contribution >= 0.6 is 11.8 Å². The van der Waals surface area contributed by atoms with Gasteiger partial charge in [-0.15, -0.1) is 11.8 Å². The number of thioether (sulfide) groups is 1. The van der Waals surface area contributed by atoms with Gasteiger partial charge < -0.3 is 15.2 Å². The Morgan fingerprint density at radius 1 is 1.79 bits per heavy atom. The van der Waals surface area contributed by atoms with Gasteiger partial charge in [0.1, 0.15) is 11.7 Å². The topological polar surface area (TPSA) is 75.6 Å². The molecule has 0 fully saturated rings. The number of carboxylic acids is 1. The number of ether oxygens (including phenoxy) is 1. The third-order valence-electron chi connectivity index (χ3n) is 1.60. The van der Waals surface area contributed by atoms with Crippen LogP contribution in [0.25, 0.3) is 0 Å². The molecule has 1 heterocycles. The van der Waals surface area contributed by atoms with Gasteiger partial charge in [0.15, 0.2) is 0 Å². The molecule has 0 saturated heterocycles. The van der Waals surface area contributed by atoms with Crippen molar-refractivity contribution in [3.05, 3.63) is 11.1 Å². The van der Waals surface area contributed by atoms with Crippen LogP contribution in [0.1, 0.15) is 6.92 Å². The highest BCUT2D eigenvalue weighted by molar-refractivity contribution is 8.02. The molecule has 0 amide bonds. The van der Waals surface area contributed by atoms with Crippen molar-refractivity contribution in [2.24, 2.45) is 0 Å². The van der Waals surface area contributed by atoms with Gasteiger partial charge in [0.25, 0.3) is 0 Å². The minimum absolute atomic E-state index is 0.0410. The SMILES string of the molecule is CCOC(=O)C1CSC=C(C(=O)O)N1. The first-order valence-corrected chi connectivity index (χ1v) is 5.18. The minimum Gasteiger partial charge on any atom is -0.477 e. The van der Waals surface area contributed by atoms with Gasteiger partial charge in [0.05, 0.1) is 6.61 Å². The largest absolute Gasteiger partial charge is 0.477 e. The first-order chi connectivity index (χ1) is 6.65. The minimum atomic E-state index is -1.06. The lowest BCUT2D eigenvalue weighted by Gasteiger charge is -2.21. The fourth-order valence-corrected chi connectivity index (χ4v) is 1.82. The molecular formula is C8H11NO4S. The van der Waals surface area contributed by atoms with Crippen molar-refractivity contribution >= 4 is 23.7 Å². The average Bonchev–Trinajstić information content (AvgIpc) is 2.18. The number of carbonyl (C=O) groups excluding carboxylic acids is 1. The number of aliphatic carboxylic acids is 1. The highest BCUT2D eigenvalue weighted by atomic mass is 32.2. The Morgan fingerprint density at radius 2 is 2.50 bits per heavy atom. The molecule has 0 aromatic rings. The number of carbonyl (C=O) groups is 2. The molecule has 0 saturated carbocycles. The van der Waals surface area contributed by atoms with E-state index < -0.39 is 18.0 Å². The van der Waals surface area contributed by atoms with Crippen molar-refractivity contribution in [2.45, 2.75) is 13.0 Å². The summed E-state index contributed by atoms with van der Waals surface area (Å²) in [7, 11) is 0. The summed E-state index contributed by atoms with van der Waals surface area (Å²) < 4.78 is 4.77. The van der Waals surface area contributed by atoms with Crippen molar-refractivity contribution in [2.75, 3.05) is 12.4 Å². The molecule has 1 aliphatic heterocycles. The third-order valence-corrected chi connectivity index (χ3v) is 2.52. The van der Waals surface area contributed by atoms with Crippen molar-refractivity contribution < 1.29 is 19.4 Å². The van der Waals surface area contributed by atoms with Crippen LogP contribution in [0.4, 0.5) is 0 Å². The van der Waals surface area contributed by atoms with Gasteiger partial charge in [-0.05, 0) is 6.92 Å². The highest BCUT2D eigenvalue weighted by Gasteiger charge is 2.25. The second-order valence-electron chi connectivity index (χ2n) is 2.62. The quantitative estimate of drug-likeness (QED) is 0.657. The number of carboxylic acid groups (broad SMARTS) is 1. The molecule has 0 aromatic heterocycles. The molecule has 0 aromatic carbocycles. The van der Waals surface area contributed by atoms with Crippen molar-refractivity contribution in [3.63, 3.8) is 0 Å². The van der Waals surface area contributed by atoms with Gasteiger partial charge in [-0.3, -0.25) is 0 Å². The zero-order valence-electron chi connectivity index (χ0n) is 7.65. The predicted molar refractivity (Wildman–Crippen MR) is 51.7 cm³/mol. The summed E-state index contributed by atoms with van der Waals surface area (Å²) in [5.41, 5.74) is 0.0410. The van der Waals surface area contributed by atoms with Crippen LogP contribution in [0.5, 0.6) is 0 Å². The van der Waals surface area contributed by atoms with Crippen LogP contribution in [0.3, 0.4) is 0 Å². The van der Waals surface area contributed by atoms with Gasteiger partial charge in [0.2, 0.25) is 0 Å². The second-order valence-corrected chi connectivity index (χ2v) is 3.52. The highest BCUT2D eigenvalue weighted by Crippen LogP contribution is 2.15. The fraction of sp³-hybridized carbons (Fsp3) is 0.500. The summed E-state index contributed by atoms with van der Waals surface area (Å²) in [6.07, 6.45) is 0. The van der Waals surface area contributed by atoms with E-state index in [1.807, 2.05) is 0 Å². The van der Waals surface area contributed by atoms with E-state index in [4.69, 9.17) is 9.84 Å². The van der Waals surface area contributed by atoms with Gasteiger partial charge in [-0.2, -0.15) is 0 Å². The molecule has 6 heteroatoms. The van der Waals surface area contributed by atoms with E-state index in [2.05, 4.69) is 5.32 Å². The fourth-order valence-electron chi connectivity index (χ4n) is 0.973. The van der Waals surface area contributed by atoms with Gasteiger partial charge >= 0.3 is 11.9 Å². The molecule has 0 spiro atoms. The number of esters is 1. The molecule has 1 atom stereocenters. The number of rotatable bonds is 3. The van der Waals surface area contributed by atoms with Crippen LogP contribution in [-0.4, -0.2) is 35.4 Å². The number of nitrogens with one attached hydrogen (secondary N) is 1. The maximum absolute atomic E-state index is 11.2. The average molecular weight is 217 g/mol. The van der Waals surface area contributed by atoms with Gasteiger partial charge in [0, 0.05) is 11.2 Å². The van der Waals surface area contributed by atoms with Crippen molar-refractivity contribution in [3.8, 4) is 0 Å². The van der Waals surface area contributed by atoms with Crippen LogP contribution in [0, 0.1) is 0 Å². The Morgan fingerprint density at radius 3 is 3.07 bits per heavy atom. The van der Waals surface area contributed by atoms with E-state index in [0.29, 0.717) is 12.4 Å². The lowest BCUT2D eigenvalue weighted by atomic mass is 10.3. The number of hydrogen-bond donors (Lipinski definition) is 2. The molecule has 1 aliphatic rings. The lowest BCUT2D eigenvalue weighted by molar-refractivity contribution is -0.144. The van der Waals surface area contributed by atoms with Crippen LogP contribution in [0.15, 0.2) is 11.1 Å². The lowest BCUT2D eigenvalue weighted by Crippen LogP contribution is -2.43. The molecule has 14 heavy (non-hydrogen) atoms. The van der Waals surface area contributed by atoms with E-state index in [1.54, 1.807) is 6.92 Å². The third kappa shape index (κ3) is 2.66. The first-order valence-electron chi connectivity index (χ1n) is 4.13. The van der Waals surface area contributed by atoms with E-state index >= 15 is 0 Å². The molecule has 78 valence electrons. The van der Waals surface area contributed by atoms with Crippen molar-refractivity contribution in [1.82, 2.24) is 5.32 Å². The van der Waals surface area contributed by atoms with E-state index in [0.717, 1.165) is 0 Å². The molecule has 0 radical (unpaired) electrons. The molecular weight excluding hydrogens is 206 g/mol. The summed E-state index contributed by atoms with van der Waals surface area (Å²) >= 11 is 1.29. The standard InChI is InChI=1S/C8H11NO4S/c1-2-13-8(12)6-4-14-3-5(9-6)7(10)11/h3,6,9H,2,4H2,1H3,(H,10,11). The van der Waals surface area contributed by atoms with Gasteiger partial charge in [-0.25, -0.2) is 9.59 Å². The van der Waals surface area contributed by atoms with E-state index in [9.17, 15) is 9.59 Å². The maximum atomic E-state index is 11.2. The second kappa shape index (κ2) is 4.90. The Kier molecular flexibility index (Phi) is 3.82. The van der Waals surface area contributed by atoms with Gasteiger partial charge in [-0.1, -0.05) is 0 Å². The molecule has 0 bridgehead atoms. The molecule has 1 unspecified atom stereocenters. The van der Waals surface area contributed by atoms with Crippen LogP contribution in [0.2, 0.25) is 0 Å².